The van der Waals surface area contributed by atoms with Gasteiger partial charge < -0.3 is 9.88 Å². The number of fused-ring (bicyclic) bond motifs is 3. The molecule has 0 radical (unpaired) electrons. The van der Waals surface area contributed by atoms with E-state index in [0.29, 0.717) is 6.04 Å². The van der Waals surface area contributed by atoms with Crippen molar-refractivity contribution in [1.29, 1.82) is 0 Å². The topological polar surface area (TPSA) is 20.2 Å². The SMILES string of the molecule is CCn1c2ccccc2c2cc([C@@H](CCC(C)C)N3CCNCC3)ccc21. The lowest BCUT2D eigenvalue weighted by Gasteiger charge is -2.35. The van der Waals surface area contributed by atoms with Crippen molar-refractivity contribution in [3.8, 4) is 0 Å². The van der Waals surface area contributed by atoms with E-state index in [4.69, 9.17) is 0 Å². The first-order chi connectivity index (χ1) is 13.2. The maximum Gasteiger partial charge on any atom is 0.0491 e. The second-order valence-corrected chi connectivity index (χ2v) is 8.31. The first kappa shape index (κ1) is 18.5. The third-order valence-electron chi connectivity index (χ3n) is 6.11. The van der Waals surface area contributed by atoms with Crippen LogP contribution in [0.4, 0.5) is 0 Å². The summed E-state index contributed by atoms with van der Waals surface area (Å²) in [5.41, 5.74) is 4.21. The number of rotatable bonds is 6. The standard InChI is InChI=1S/C24H33N3/c1-4-27-23-8-6-5-7-20(23)21-17-19(10-12-24(21)27)22(11-9-18(2)3)26-15-13-25-14-16-26/h5-8,10,12,17-18,22,25H,4,9,11,13-16H2,1-3H3/t22-/m1/s1. The van der Waals surface area contributed by atoms with E-state index in [1.165, 1.54) is 40.2 Å². The number of benzene rings is 2. The van der Waals surface area contributed by atoms with Gasteiger partial charge in [0, 0.05) is 60.6 Å². The lowest BCUT2D eigenvalue weighted by molar-refractivity contribution is 0.160. The van der Waals surface area contributed by atoms with Crippen LogP contribution < -0.4 is 5.32 Å². The zero-order valence-corrected chi connectivity index (χ0v) is 17.0. The molecule has 2 aromatic carbocycles. The molecule has 1 saturated heterocycles. The van der Waals surface area contributed by atoms with Gasteiger partial charge in [0.05, 0.1) is 0 Å². The van der Waals surface area contributed by atoms with Crippen LogP contribution in [-0.4, -0.2) is 35.6 Å². The van der Waals surface area contributed by atoms with E-state index >= 15 is 0 Å². The number of nitrogens with zero attached hydrogens (tertiary/aromatic N) is 2. The van der Waals surface area contributed by atoms with E-state index in [1.54, 1.807) is 0 Å². The molecule has 144 valence electrons. The average molecular weight is 364 g/mol. The van der Waals surface area contributed by atoms with Crippen LogP contribution in [0.25, 0.3) is 21.8 Å². The fraction of sp³-hybridized carbons (Fsp3) is 0.500. The zero-order valence-electron chi connectivity index (χ0n) is 17.0. The molecule has 3 heteroatoms. The Labute approximate surface area is 163 Å². The number of aryl methyl sites for hydroxylation is 1. The summed E-state index contributed by atoms with van der Waals surface area (Å²) in [6.07, 6.45) is 2.53. The van der Waals surface area contributed by atoms with Gasteiger partial charge in [-0.15, -0.1) is 0 Å². The highest BCUT2D eigenvalue weighted by molar-refractivity contribution is 6.08. The molecule has 0 aliphatic carbocycles. The minimum absolute atomic E-state index is 0.530. The van der Waals surface area contributed by atoms with E-state index in [9.17, 15) is 0 Å². The van der Waals surface area contributed by atoms with Crippen molar-refractivity contribution in [3.05, 3.63) is 48.0 Å². The van der Waals surface area contributed by atoms with Crippen molar-refractivity contribution in [3.63, 3.8) is 0 Å². The van der Waals surface area contributed by atoms with E-state index in [0.717, 1.165) is 38.6 Å². The van der Waals surface area contributed by atoms with Crippen LogP contribution in [0.3, 0.4) is 0 Å². The Balaban J connectivity index is 1.78. The van der Waals surface area contributed by atoms with Crippen molar-refractivity contribution >= 4 is 21.8 Å². The van der Waals surface area contributed by atoms with E-state index in [1.807, 2.05) is 0 Å². The van der Waals surface area contributed by atoms with E-state index in [2.05, 4.69) is 78.0 Å². The molecular weight excluding hydrogens is 330 g/mol. The predicted molar refractivity (Wildman–Crippen MR) is 116 cm³/mol. The average Bonchev–Trinajstić information content (AvgIpc) is 3.02. The van der Waals surface area contributed by atoms with Crippen LogP contribution in [0.2, 0.25) is 0 Å². The van der Waals surface area contributed by atoms with Crippen molar-refractivity contribution in [1.82, 2.24) is 14.8 Å². The molecule has 3 nitrogen and oxygen atoms in total. The third kappa shape index (κ3) is 3.63. The maximum absolute atomic E-state index is 3.51. The number of hydrogen-bond acceptors (Lipinski definition) is 2. The molecule has 1 atom stereocenters. The van der Waals surface area contributed by atoms with Gasteiger partial charge in [-0.2, -0.15) is 0 Å². The Morgan fingerprint density at radius 3 is 2.41 bits per heavy atom. The first-order valence-electron chi connectivity index (χ1n) is 10.6. The van der Waals surface area contributed by atoms with Crippen LogP contribution in [0, 0.1) is 5.92 Å². The Bertz CT molecular complexity index is 903. The molecule has 3 aromatic rings. The van der Waals surface area contributed by atoms with E-state index < -0.39 is 0 Å². The second-order valence-electron chi connectivity index (χ2n) is 8.31. The van der Waals surface area contributed by atoms with Gasteiger partial charge >= 0.3 is 0 Å². The molecule has 0 saturated carbocycles. The molecule has 4 rings (SSSR count). The van der Waals surface area contributed by atoms with Crippen LogP contribution >= 0.6 is 0 Å². The van der Waals surface area contributed by atoms with Gasteiger partial charge in [0.1, 0.15) is 0 Å². The molecule has 2 heterocycles. The summed E-state index contributed by atoms with van der Waals surface area (Å²) in [6.45, 7) is 12.4. The molecular formula is C24H33N3. The molecule has 1 fully saturated rings. The summed E-state index contributed by atoms with van der Waals surface area (Å²) >= 11 is 0. The molecule has 0 unspecified atom stereocenters. The quantitative estimate of drug-likeness (QED) is 0.650. The van der Waals surface area contributed by atoms with Crippen molar-refractivity contribution in [2.24, 2.45) is 5.92 Å². The Hall–Kier alpha value is -1.84. The van der Waals surface area contributed by atoms with Gasteiger partial charge in [0.15, 0.2) is 0 Å². The summed E-state index contributed by atoms with van der Waals surface area (Å²) in [4.78, 5) is 2.69. The smallest absolute Gasteiger partial charge is 0.0491 e. The van der Waals surface area contributed by atoms with Gasteiger partial charge in [-0.25, -0.2) is 0 Å². The lowest BCUT2D eigenvalue weighted by atomic mass is 9.94. The van der Waals surface area contributed by atoms with E-state index in [-0.39, 0.29) is 0 Å². The van der Waals surface area contributed by atoms with Crippen LogP contribution in [0.15, 0.2) is 42.5 Å². The number of piperazine rings is 1. The molecule has 27 heavy (non-hydrogen) atoms. The normalized spacial score (nSPS) is 17.2. The summed E-state index contributed by atoms with van der Waals surface area (Å²) in [7, 11) is 0. The van der Waals surface area contributed by atoms with Crippen LogP contribution in [0.1, 0.15) is 45.2 Å². The third-order valence-corrected chi connectivity index (χ3v) is 6.11. The second kappa shape index (κ2) is 8.04. The number of hydrogen-bond donors (Lipinski definition) is 1. The maximum atomic E-state index is 3.51. The number of para-hydroxylation sites is 1. The van der Waals surface area contributed by atoms with Gasteiger partial charge in [0.25, 0.3) is 0 Å². The lowest BCUT2D eigenvalue weighted by Crippen LogP contribution is -2.45. The minimum Gasteiger partial charge on any atom is -0.341 e. The van der Waals surface area contributed by atoms with Crippen LogP contribution in [-0.2, 0) is 6.54 Å². The van der Waals surface area contributed by atoms with Gasteiger partial charge in [-0.3, -0.25) is 4.90 Å². The van der Waals surface area contributed by atoms with Gasteiger partial charge in [-0.1, -0.05) is 38.1 Å². The summed E-state index contributed by atoms with van der Waals surface area (Å²) in [6, 6.07) is 16.6. The summed E-state index contributed by atoms with van der Waals surface area (Å²) < 4.78 is 2.45. The zero-order chi connectivity index (χ0) is 18.8. The highest BCUT2D eigenvalue weighted by Gasteiger charge is 2.23. The number of nitrogens with one attached hydrogen (secondary N) is 1. The van der Waals surface area contributed by atoms with Gasteiger partial charge in [0.2, 0.25) is 0 Å². The Morgan fingerprint density at radius 1 is 0.926 bits per heavy atom. The van der Waals surface area contributed by atoms with Crippen molar-refractivity contribution in [2.45, 2.75) is 46.2 Å². The fourth-order valence-electron chi connectivity index (χ4n) is 4.66. The molecule has 1 aromatic heterocycles. The predicted octanol–water partition coefficient (Wildman–Crippen LogP) is 5.20. The fourth-order valence-corrected chi connectivity index (χ4v) is 4.66. The molecule has 0 amide bonds. The Morgan fingerprint density at radius 2 is 1.67 bits per heavy atom. The highest BCUT2D eigenvalue weighted by atomic mass is 15.2. The largest absolute Gasteiger partial charge is 0.341 e. The monoisotopic (exact) mass is 363 g/mol. The molecule has 0 bridgehead atoms. The van der Waals surface area contributed by atoms with Gasteiger partial charge in [-0.05, 0) is 49.4 Å². The van der Waals surface area contributed by atoms with Crippen LogP contribution in [0.5, 0.6) is 0 Å². The molecule has 1 aliphatic rings. The minimum atomic E-state index is 0.530. The van der Waals surface area contributed by atoms with Crippen molar-refractivity contribution < 1.29 is 0 Å². The molecule has 0 spiro atoms. The Kier molecular flexibility index (Phi) is 5.51. The first-order valence-corrected chi connectivity index (χ1v) is 10.6. The number of aromatic nitrogens is 1. The van der Waals surface area contributed by atoms with Crippen molar-refractivity contribution in [2.75, 3.05) is 26.2 Å². The molecule has 1 N–H and O–H groups in total. The summed E-state index contributed by atoms with van der Waals surface area (Å²) in [5, 5.41) is 6.31. The molecule has 1 aliphatic heterocycles. The summed E-state index contributed by atoms with van der Waals surface area (Å²) in [5.74, 6) is 0.751. The highest BCUT2D eigenvalue weighted by Crippen LogP contribution is 2.34.